The van der Waals surface area contributed by atoms with E-state index in [1.54, 1.807) is 0 Å². The molecule has 2 aromatic rings. The zero-order valence-electron chi connectivity index (χ0n) is 13.0. The molecule has 1 amide bonds. The van der Waals surface area contributed by atoms with Gasteiger partial charge in [0.05, 0.1) is 6.61 Å². The fourth-order valence-corrected chi connectivity index (χ4v) is 2.18. The molecule has 1 N–H and O–H groups in total. The van der Waals surface area contributed by atoms with Crippen LogP contribution < -0.4 is 14.8 Å². The summed E-state index contributed by atoms with van der Waals surface area (Å²) < 4.78 is 46.4. The van der Waals surface area contributed by atoms with Crippen LogP contribution in [0.25, 0.3) is 0 Å². The lowest BCUT2D eigenvalue weighted by molar-refractivity contribution is -0.274. The van der Waals surface area contributed by atoms with Crippen LogP contribution in [0.5, 0.6) is 11.5 Å². The molecule has 2 aromatic carbocycles. The zero-order valence-corrected chi connectivity index (χ0v) is 14.6. The maximum atomic E-state index is 12.1. The van der Waals surface area contributed by atoms with E-state index >= 15 is 0 Å². The van der Waals surface area contributed by atoms with Crippen molar-refractivity contribution in [1.29, 1.82) is 0 Å². The zero-order chi connectivity index (χ0) is 18.3. The molecule has 0 aliphatic rings. The molecule has 0 aromatic heterocycles. The van der Waals surface area contributed by atoms with Gasteiger partial charge in [-0.1, -0.05) is 15.9 Å². The van der Waals surface area contributed by atoms with Crippen molar-refractivity contribution in [2.45, 2.75) is 19.2 Å². The van der Waals surface area contributed by atoms with E-state index in [2.05, 4.69) is 26.0 Å². The molecular formula is C17H15BrF3NO3. The van der Waals surface area contributed by atoms with Crippen molar-refractivity contribution in [1.82, 2.24) is 0 Å². The van der Waals surface area contributed by atoms with Gasteiger partial charge in [0.1, 0.15) is 11.5 Å². The number of hydrogen-bond donors (Lipinski definition) is 1. The molecule has 0 heterocycles. The summed E-state index contributed by atoms with van der Waals surface area (Å²) in [4.78, 5) is 11.8. The van der Waals surface area contributed by atoms with Gasteiger partial charge in [0.25, 0.3) is 0 Å². The summed E-state index contributed by atoms with van der Waals surface area (Å²) in [5, 5.41) is 2.60. The van der Waals surface area contributed by atoms with E-state index in [4.69, 9.17) is 4.74 Å². The molecule has 0 bridgehead atoms. The fraction of sp³-hybridized carbons (Fsp3) is 0.235. The summed E-state index contributed by atoms with van der Waals surface area (Å²) in [5.74, 6) is 0.126. The normalized spacial score (nSPS) is 11.0. The lowest BCUT2D eigenvalue weighted by Gasteiger charge is -2.10. The van der Waals surface area contributed by atoms with Crippen molar-refractivity contribution >= 4 is 27.5 Å². The van der Waals surface area contributed by atoms with Gasteiger partial charge in [-0.15, -0.1) is 13.2 Å². The van der Waals surface area contributed by atoms with Gasteiger partial charge in [0.15, 0.2) is 0 Å². The van der Waals surface area contributed by atoms with E-state index in [0.717, 1.165) is 16.6 Å². The second kappa shape index (κ2) is 8.75. The number of alkyl halides is 3. The highest BCUT2D eigenvalue weighted by Gasteiger charge is 2.30. The number of nitrogens with one attached hydrogen (secondary N) is 1. The highest BCUT2D eigenvalue weighted by molar-refractivity contribution is 9.10. The number of benzene rings is 2. The van der Waals surface area contributed by atoms with E-state index in [9.17, 15) is 18.0 Å². The van der Waals surface area contributed by atoms with Crippen LogP contribution in [0.3, 0.4) is 0 Å². The maximum absolute atomic E-state index is 12.1. The number of amides is 1. The predicted octanol–water partition coefficient (Wildman–Crippen LogP) is 5.15. The first-order valence-corrected chi connectivity index (χ1v) is 8.15. The van der Waals surface area contributed by atoms with Crippen molar-refractivity contribution in [3.8, 4) is 11.5 Å². The molecule has 0 aliphatic carbocycles. The van der Waals surface area contributed by atoms with Crippen LogP contribution in [0.15, 0.2) is 53.0 Å². The molecule has 134 valence electrons. The lowest BCUT2D eigenvalue weighted by atomic mass is 10.2. The molecule has 4 nitrogen and oxygen atoms in total. The van der Waals surface area contributed by atoms with E-state index in [0.29, 0.717) is 24.5 Å². The summed E-state index contributed by atoms with van der Waals surface area (Å²) in [6, 6.07) is 12.3. The Morgan fingerprint density at radius 1 is 1.00 bits per heavy atom. The molecule has 0 unspecified atom stereocenters. The number of halogens is 4. The van der Waals surface area contributed by atoms with Gasteiger partial charge in [-0.2, -0.15) is 0 Å². The van der Waals surface area contributed by atoms with E-state index in [-0.39, 0.29) is 18.1 Å². The summed E-state index contributed by atoms with van der Waals surface area (Å²) in [6.07, 6.45) is -3.99. The van der Waals surface area contributed by atoms with E-state index in [1.165, 1.54) is 12.1 Å². The first-order valence-electron chi connectivity index (χ1n) is 7.36. The Balaban J connectivity index is 1.70. The van der Waals surface area contributed by atoms with Gasteiger partial charge in [0.2, 0.25) is 5.91 Å². The average molecular weight is 418 g/mol. The average Bonchev–Trinajstić information content (AvgIpc) is 2.54. The maximum Gasteiger partial charge on any atom is 0.573 e. The van der Waals surface area contributed by atoms with Crippen LogP contribution in [-0.4, -0.2) is 18.9 Å². The number of anilines is 1. The first-order chi connectivity index (χ1) is 11.8. The number of ether oxygens (including phenoxy) is 2. The third-order valence-electron chi connectivity index (χ3n) is 3.00. The molecular weight excluding hydrogens is 403 g/mol. The Morgan fingerprint density at radius 3 is 2.20 bits per heavy atom. The molecule has 2 rings (SSSR count). The van der Waals surface area contributed by atoms with Crippen LogP contribution in [0.1, 0.15) is 12.8 Å². The molecule has 0 saturated heterocycles. The van der Waals surface area contributed by atoms with Crippen molar-refractivity contribution in [2.24, 2.45) is 0 Å². The molecule has 0 saturated carbocycles. The van der Waals surface area contributed by atoms with Gasteiger partial charge >= 0.3 is 6.36 Å². The van der Waals surface area contributed by atoms with Crippen LogP contribution in [0.2, 0.25) is 0 Å². The third-order valence-corrected chi connectivity index (χ3v) is 3.53. The van der Waals surface area contributed by atoms with Gasteiger partial charge < -0.3 is 14.8 Å². The van der Waals surface area contributed by atoms with Crippen LogP contribution >= 0.6 is 15.9 Å². The second-order valence-corrected chi connectivity index (χ2v) is 5.94. The minimum Gasteiger partial charge on any atom is -0.494 e. The quantitative estimate of drug-likeness (QED) is 0.634. The van der Waals surface area contributed by atoms with Crippen molar-refractivity contribution in [3.63, 3.8) is 0 Å². The minimum atomic E-state index is -4.74. The molecule has 0 atom stereocenters. The van der Waals surface area contributed by atoms with Gasteiger partial charge in [-0.25, -0.2) is 0 Å². The van der Waals surface area contributed by atoms with Crippen molar-refractivity contribution in [2.75, 3.05) is 11.9 Å². The van der Waals surface area contributed by atoms with Gasteiger partial charge in [-0.3, -0.25) is 4.79 Å². The third kappa shape index (κ3) is 7.47. The fourth-order valence-electron chi connectivity index (χ4n) is 1.92. The Hall–Kier alpha value is -2.22. The standard InChI is InChI=1S/C17H15BrF3NO3/c18-12-3-7-14(8-4-12)24-11-1-2-16(23)22-13-5-9-15(10-6-13)25-17(19,20)21/h3-10H,1-2,11H2,(H,22,23). The molecule has 0 fully saturated rings. The monoisotopic (exact) mass is 417 g/mol. The molecule has 0 aliphatic heterocycles. The summed E-state index contributed by atoms with van der Waals surface area (Å²) in [5.41, 5.74) is 0.397. The second-order valence-electron chi connectivity index (χ2n) is 5.03. The largest absolute Gasteiger partial charge is 0.573 e. The van der Waals surface area contributed by atoms with Crippen LogP contribution in [0, 0.1) is 0 Å². The highest BCUT2D eigenvalue weighted by atomic mass is 79.9. The summed E-state index contributed by atoms with van der Waals surface area (Å²) in [6.45, 7) is 0.382. The number of carbonyl (C=O) groups is 1. The number of rotatable bonds is 7. The van der Waals surface area contributed by atoms with Crippen molar-refractivity contribution in [3.05, 3.63) is 53.0 Å². The molecule has 0 radical (unpaired) electrons. The Bertz CT molecular complexity index is 688. The van der Waals surface area contributed by atoms with Gasteiger partial charge in [0, 0.05) is 16.6 Å². The Morgan fingerprint density at radius 2 is 1.60 bits per heavy atom. The number of hydrogen-bond acceptors (Lipinski definition) is 3. The summed E-state index contributed by atoms with van der Waals surface area (Å²) >= 11 is 3.32. The SMILES string of the molecule is O=C(CCCOc1ccc(Br)cc1)Nc1ccc(OC(F)(F)F)cc1. The highest BCUT2D eigenvalue weighted by Crippen LogP contribution is 2.24. The summed E-state index contributed by atoms with van der Waals surface area (Å²) in [7, 11) is 0. The lowest BCUT2D eigenvalue weighted by Crippen LogP contribution is -2.17. The Kier molecular flexibility index (Phi) is 6.69. The van der Waals surface area contributed by atoms with E-state index < -0.39 is 6.36 Å². The Labute approximate surface area is 151 Å². The molecule has 25 heavy (non-hydrogen) atoms. The molecule has 0 spiro atoms. The predicted molar refractivity (Wildman–Crippen MR) is 90.6 cm³/mol. The smallest absolute Gasteiger partial charge is 0.494 e. The van der Waals surface area contributed by atoms with E-state index in [1.807, 2.05) is 24.3 Å². The van der Waals surface area contributed by atoms with Gasteiger partial charge in [-0.05, 0) is 55.0 Å². The number of carbonyl (C=O) groups excluding carboxylic acids is 1. The van der Waals surface area contributed by atoms with Crippen LogP contribution in [-0.2, 0) is 4.79 Å². The van der Waals surface area contributed by atoms with Crippen LogP contribution in [0.4, 0.5) is 18.9 Å². The topological polar surface area (TPSA) is 47.6 Å². The van der Waals surface area contributed by atoms with Crippen molar-refractivity contribution < 1.29 is 27.4 Å². The first kappa shape index (κ1) is 19.1. The molecule has 8 heteroatoms. The minimum absolute atomic E-state index is 0.233.